The van der Waals surface area contributed by atoms with E-state index in [0.29, 0.717) is 17.9 Å². The maximum Gasteiger partial charge on any atom is 0.411 e. The number of benzene rings is 2. The summed E-state index contributed by atoms with van der Waals surface area (Å²) in [5.41, 5.74) is 3.60. The van der Waals surface area contributed by atoms with Crippen molar-refractivity contribution < 1.29 is 19.1 Å². The van der Waals surface area contributed by atoms with E-state index in [4.69, 9.17) is 4.74 Å². The SMILES string of the molecule is Cc1ccc(C)c(N2CC(OC(=O)Nc3ccc(NC(=O)C(C)(C)C)cc3)CC2=O)c1. The van der Waals surface area contributed by atoms with Gasteiger partial charge in [0.25, 0.3) is 0 Å². The number of amides is 3. The minimum absolute atomic E-state index is 0.0644. The Hall–Kier alpha value is -3.35. The fourth-order valence-corrected chi connectivity index (χ4v) is 3.25. The van der Waals surface area contributed by atoms with Crippen LogP contribution in [0.5, 0.6) is 0 Å². The molecule has 0 spiro atoms. The number of hydrogen-bond acceptors (Lipinski definition) is 4. The lowest BCUT2D eigenvalue weighted by Crippen LogP contribution is -2.28. The van der Waals surface area contributed by atoms with Gasteiger partial charge in [0.05, 0.1) is 13.0 Å². The maximum atomic E-state index is 12.5. The third kappa shape index (κ3) is 5.63. The van der Waals surface area contributed by atoms with Crippen molar-refractivity contribution in [3.63, 3.8) is 0 Å². The Labute approximate surface area is 182 Å². The Morgan fingerprint density at radius 2 is 1.61 bits per heavy atom. The first kappa shape index (κ1) is 22.3. The van der Waals surface area contributed by atoms with Gasteiger partial charge in [-0.05, 0) is 55.3 Å². The van der Waals surface area contributed by atoms with Gasteiger partial charge in [0.2, 0.25) is 11.8 Å². The lowest BCUT2D eigenvalue weighted by atomic mass is 9.95. The van der Waals surface area contributed by atoms with Crippen molar-refractivity contribution >= 4 is 35.0 Å². The molecule has 0 radical (unpaired) electrons. The molecule has 1 unspecified atom stereocenters. The van der Waals surface area contributed by atoms with Crippen LogP contribution in [0.25, 0.3) is 0 Å². The molecule has 3 amide bonds. The Morgan fingerprint density at radius 1 is 1.00 bits per heavy atom. The third-order valence-electron chi connectivity index (χ3n) is 5.09. The molecule has 2 aromatic rings. The summed E-state index contributed by atoms with van der Waals surface area (Å²) >= 11 is 0. The van der Waals surface area contributed by atoms with Crippen molar-refractivity contribution in [2.75, 3.05) is 22.1 Å². The van der Waals surface area contributed by atoms with Gasteiger partial charge in [-0.2, -0.15) is 0 Å². The molecule has 2 N–H and O–H groups in total. The lowest BCUT2D eigenvalue weighted by molar-refractivity contribution is -0.123. The van der Waals surface area contributed by atoms with Crippen molar-refractivity contribution in [3.05, 3.63) is 53.6 Å². The van der Waals surface area contributed by atoms with Crippen LogP contribution in [-0.4, -0.2) is 30.6 Å². The van der Waals surface area contributed by atoms with Gasteiger partial charge in [-0.15, -0.1) is 0 Å². The highest BCUT2D eigenvalue weighted by molar-refractivity contribution is 5.97. The van der Waals surface area contributed by atoms with Crippen LogP contribution >= 0.6 is 0 Å². The van der Waals surface area contributed by atoms with Crippen LogP contribution < -0.4 is 15.5 Å². The number of anilines is 3. The van der Waals surface area contributed by atoms with E-state index in [1.54, 1.807) is 29.2 Å². The average molecular weight is 424 g/mol. The molecule has 1 saturated heterocycles. The van der Waals surface area contributed by atoms with Crippen LogP contribution in [0, 0.1) is 19.3 Å². The normalized spacial score (nSPS) is 16.2. The number of ether oxygens (including phenoxy) is 1. The van der Waals surface area contributed by atoms with E-state index >= 15 is 0 Å². The molecule has 0 saturated carbocycles. The van der Waals surface area contributed by atoms with Crippen molar-refractivity contribution in [1.29, 1.82) is 0 Å². The molecule has 0 bridgehead atoms. The fraction of sp³-hybridized carbons (Fsp3) is 0.375. The molecule has 164 valence electrons. The van der Waals surface area contributed by atoms with E-state index in [-0.39, 0.29) is 18.2 Å². The predicted molar refractivity (Wildman–Crippen MR) is 121 cm³/mol. The Balaban J connectivity index is 1.56. The van der Waals surface area contributed by atoms with Crippen LogP contribution in [0.3, 0.4) is 0 Å². The minimum Gasteiger partial charge on any atom is -0.444 e. The van der Waals surface area contributed by atoms with Crippen molar-refractivity contribution in [2.24, 2.45) is 5.41 Å². The smallest absolute Gasteiger partial charge is 0.411 e. The minimum atomic E-state index is -0.618. The number of carbonyl (C=O) groups is 3. The summed E-state index contributed by atoms with van der Waals surface area (Å²) in [5, 5.41) is 5.49. The molecule has 1 aliphatic heterocycles. The molecule has 0 aromatic heterocycles. The number of nitrogens with zero attached hydrogens (tertiary/aromatic N) is 1. The second kappa shape index (κ2) is 8.79. The second-order valence-electron chi connectivity index (χ2n) is 8.93. The molecule has 7 nitrogen and oxygen atoms in total. The first-order chi connectivity index (χ1) is 14.5. The van der Waals surface area contributed by atoms with Gasteiger partial charge in [0, 0.05) is 22.5 Å². The molecule has 1 atom stereocenters. The van der Waals surface area contributed by atoms with Crippen molar-refractivity contribution in [1.82, 2.24) is 0 Å². The second-order valence-corrected chi connectivity index (χ2v) is 8.93. The summed E-state index contributed by atoms with van der Waals surface area (Å²) < 4.78 is 5.46. The Bertz CT molecular complexity index is 993. The number of nitrogens with one attached hydrogen (secondary N) is 2. The zero-order valence-electron chi connectivity index (χ0n) is 18.6. The van der Waals surface area contributed by atoms with Crippen molar-refractivity contribution in [3.8, 4) is 0 Å². The lowest BCUT2D eigenvalue weighted by Gasteiger charge is -2.20. The standard InChI is InChI=1S/C24H29N3O4/c1-15-6-7-16(2)20(12-15)27-14-19(13-21(27)28)31-23(30)26-18-10-8-17(9-11-18)25-22(29)24(3,4)5/h6-12,19H,13-14H2,1-5H3,(H,25,29)(H,26,30). The fourth-order valence-electron chi connectivity index (χ4n) is 3.25. The summed E-state index contributed by atoms with van der Waals surface area (Å²) in [6.07, 6.45) is -0.983. The first-order valence-electron chi connectivity index (χ1n) is 10.3. The summed E-state index contributed by atoms with van der Waals surface area (Å²) in [6, 6.07) is 12.7. The van der Waals surface area contributed by atoms with E-state index in [9.17, 15) is 14.4 Å². The Kier molecular flexibility index (Phi) is 6.34. The summed E-state index contributed by atoms with van der Waals surface area (Å²) in [4.78, 5) is 38.5. The molecule has 31 heavy (non-hydrogen) atoms. The zero-order valence-corrected chi connectivity index (χ0v) is 18.6. The van der Waals surface area contributed by atoms with E-state index in [1.165, 1.54) is 0 Å². The van der Waals surface area contributed by atoms with Gasteiger partial charge in [-0.1, -0.05) is 32.9 Å². The summed E-state index contributed by atoms with van der Waals surface area (Å²) in [7, 11) is 0. The van der Waals surface area contributed by atoms with E-state index < -0.39 is 17.6 Å². The molecule has 1 heterocycles. The highest BCUT2D eigenvalue weighted by atomic mass is 16.6. The first-order valence-corrected chi connectivity index (χ1v) is 10.3. The van der Waals surface area contributed by atoms with E-state index in [0.717, 1.165) is 16.8 Å². The topological polar surface area (TPSA) is 87.7 Å². The van der Waals surface area contributed by atoms with Gasteiger partial charge >= 0.3 is 6.09 Å². The highest BCUT2D eigenvalue weighted by Crippen LogP contribution is 2.27. The third-order valence-corrected chi connectivity index (χ3v) is 5.09. The summed E-state index contributed by atoms with van der Waals surface area (Å²) in [5.74, 6) is -0.155. The van der Waals surface area contributed by atoms with Gasteiger partial charge in [0.15, 0.2) is 0 Å². The number of aryl methyl sites for hydroxylation is 2. The summed E-state index contributed by atoms with van der Waals surface area (Å²) in [6.45, 7) is 9.77. The van der Waals surface area contributed by atoms with Crippen LogP contribution in [0.2, 0.25) is 0 Å². The number of hydrogen-bond donors (Lipinski definition) is 2. The zero-order chi connectivity index (χ0) is 22.8. The molecular formula is C24H29N3O4. The molecule has 7 heteroatoms. The largest absolute Gasteiger partial charge is 0.444 e. The maximum absolute atomic E-state index is 12.5. The van der Waals surface area contributed by atoms with Gasteiger partial charge < -0.3 is 15.0 Å². The quantitative estimate of drug-likeness (QED) is 0.750. The monoisotopic (exact) mass is 423 g/mol. The van der Waals surface area contributed by atoms with Crippen LogP contribution in [0.1, 0.15) is 38.3 Å². The van der Waals surface area contributed by atoms with Gasteiger partial charge in [-0.3, -0.25) is 14.9 Å². The highest BCUT2D eigenvalue weighted by Gasteiger charge is 2.34. The number of carbonyl (C=O) groups excluding carboxylic acids is 3. The van der Waals surface area contributed by atoms with Crippen LogP contribution in [0.4, 0.5) is 21.9 Å². The van der Waals surface area contributed by atoms with Crippen LogP contribution in [-0.2, 0) is 14.3 Å². The molecule has 0 aliphatic carbocycles. The van der Waals surface area contributed by atoms with Crippen LogP contribution in [0.15, 0.2) is 42.5 Å². The molecule has 1 fully saturated rings. The van der Waals surface area contributed by atoms with E-state index in [1.807, 2.05) is 52.8 Å². The predicted octanol–water partition coefficient (Wildman–Crippen LogP) is 4.64. The van der Waals surface area contributed by atoms with Crippen molar-refractivity contribution in [2.45, 2.75) is 47.1 Å². The van der Waals surface area contributed by atoms with E-state index in [2.05, 4.69) is 10.6 Å². The molecule has 1 aliphatic rings. The van der Waals surface area contributed by atoms with Gasteiger partial charge in [-0.25, -0.2) is 4.79 Å². The molecule has 2 aromatic carbocycles. The van der Waals surface area contributed by atoms with Gasteiger partial charge in [0.1, 0.15) is 6.10 Å². The number of rotatable bonds is 4. The molecular weight excluding hydrogens is 394 g/mol. The molecule has 3 rings (SSSR count). The Morgan fingerprint density at radius 3 is 2.23 bits per heavy atom. The average Bonchev–Trinajstić information content (AvgIpc) is 3.04.